The monoisotopic (exact) mass is 222 g/mol. The highest BCUT2D eigenvalue weighted by Crippen LogP contribution is 2.05. The van der Waals surface area contributed by atoms with E-state index in [0.29, 0.717) is 18.3 Å². The van der Waals surface area contributed by atoms with E-state index in [9.17, 15) is 0 Å². The van der Waals surface area contributed by atoms with Gasteiger partial charge in [-0.15, -0.1) is 0 Å². The highest BCUT2D eigenvalue weighted by atomic mass is 16.5. The van der Waals surface area contributed by atoms with Crippen LogP contribution in [0.1, 0.15) is 30.9 Å². The van der Waals surface area contributed by atoms with E-state index in [1.165, 1.54) is 0 Å². The molecule has 0 bridgehead atoms. The second-order valence-corrected chi connectivity index (χ2v) is 3.48. The molecule has 2 aromatic rings. The van der Waals surface area contributed by atoms with E-state index in [4.69, 9.17) is 9.63 Å². The van der Waals surface area contributed by atoms with Crippen LogP contribution in [0, 0.1) is 0 Å². The fourth-order valence-electron chi connectivity index (χ4n) is 1.46. The molecule has 2 aromatic heterocycles. The molecule has 2 heterocycles. The van der Waals surface area contributed by atoms with Gasteiger partial charge in [0.2, 0.25) is 5.89 Å². The molecule has 86 valence electrons. The van der Waals surface area contributed by atoms with Crippen molar-refractivity contribution in [2.45, 2.75) is 32.9 Å². The van der Waals surface area contributed by atoms with Crippen LogP contribution in [0.4, 0.5) is 0 Å². The van der Waals surface area contributed by atoms with Crippen LogP contribution in [-0.4, -0.2) is 24.8 Å². The molecule has 6 heteroatoms. The Hall–Kier alpha value is -1.69. The molecule has 0 radical (unpaired) electrons. The SMILES string of the molecule is CCCc1noc(Cn2ccnc2CO)n1. The second-order valence-electron chi connectivity index (χ2n) is 3.48. The van der Waals surface area contributed by atoms with Crippen molar-refractivity contribution in [2.24, 2.45) is 0 Å². The van der Waals surface area contributed by atoms with Crippen LogP contribution in [0.15, 0.2) is 16.9 Å². The minimum absolute atomic E-state index is 0.0943. The first-order chi connectivity index (χ1) is 7.83. The number of aryl methyl sites for hydroxylation is 1. The van der Waals surface area contributed by atoms with Crippen LogP contribution >= 0.6 is 0 Å². The molecular formula is C10H14N4O2. The van der Waals surface area contributed by atoms with Crippen molar-refractivity contribution in [1.82, 2.24) is 19.7 Å². The number of hydrogen-bond acceptors (Lipinski definition) is 5. The lowest BCUT2D eigenvalue weighted by atomic mass is 10.3. The van der Waals surface area contributed by atoms with Crippen LogP contribution in [-0.2, 0) is 19.6 Å². The lowest BCUT2D eigenvalue weighted by molar-refractivity contribution is 0.264. The van der Waals surface area contributed by atoms with E-state index in [1.54, 1.807) is 17.0 Å². The van der Waals surface area contributed by atoms with Crippen LogP contribution < -0.4 is 0 Å². The molecule has 16 heavy (non-hydrogen) atoms. The quantitative estimate of drug-likeness (QED) is 0.808. The Bertz CT molecular complexity index is 449. The highest BCUT2D eigenvalue weighted by molar-refractivity contribution is 4.95. The summed E-state index contributed by atoms with van der Waals surface area (Å²) in [7, 11) is 0. The van der Waals surface area contributed by atoms with Gasteiger partial charge in [-0.3, -0.25) is 0 Å². The first-order valence-electron chi connectivity index (χ1n) is 5.25. The van der Waals surface area contributed by atoms with E-state index in [0.717, 1.165) is 18.7 Å². The average Bonchev–Trinajstić information content (AvgIpc) is 2.89. The first-order valence-corrected chi connectivity index (χ1v) is 5.25. The van der Waals surface area contributed by atoms with Crippen LogP contribution in [0.2, 0.25) is 0 Å². The van der Waals surface area contributed by atoms with Gasteiger partial charge in [-0.1, -0.05) is 12.1 Å². The van der Waals surface area contributed by atoms with Crippen LogP contribution in [0.3, 0.4) is 0 Å². The molecule has 2 rings (SSSR count). The van der Waals surface area contributed by atoms with E-state index in [1.807, 2.05) is 0 Å². The first kappa shape index (κ1) is 10.8. The normalized spacial score (nSPS) is 10.9. The Labute approximate surface area is 92.9 Å². The van der Waals surface area contributed by atoms with Crippen molar-refractivity contribution in [3.63, 3.8) is 0 Å². The molecule has 0 spiro atoms. The predicted octanol–water partition coefficient (Wildman–Crippen LogP) is 0.759. The summed E-state index contributed by atoms with van der Waals surface area (Å²) >= 11 is 0. The van der Waals surface area contributed by atoms with Gasteiger partial charge in [-0.05, 0) is 6.42 Å². The smallest absolute Gasteiger partial charge is 0.246 e. The van der Waals surface area contributed by atoms with Crippen molar-refractivity contribution in [3.8, 4) is 0 Å². The van der Waals surface area contributed by atoms with Gasteiger partial charge in [0.1, 0.15) is 19.0 Å². The van der Waals surface area contributed by atoms with Gasteiger partial charge in [0.15, 0.2) is 5.82 Å². The Morgan fingerprint density at radius 2 is 2.38 bits per heavy atom. The molecule has 0 saturated heterocycles. The zero-order valence-electron chi connectivity index (χ0n) is 9.13. The van der Waals surface area contributed by atoms with Crippen LogP contribution in [0.25, 0.3) is 0 Å². The molecule has 0 amide bonds. The summed E-state index contributed by atoms with van der Waals surface area (Å²) in [6.45, 7) is 2.42. The maximum atomic E-state index is 9.02. The number of aliphatic hydroxyl groups is 1. The second kappa shape index (κ2) is 4.89. The predicted molar refractivity (Wildman–Crippen MR) is 55.5 cm³/mol. The molecule has 1 N–H and O–H groups in total. The molecule has 0 atom stereocenters. The maximum absolute atomic E-state index is 9.02. The van der Waals surface area contributed by atoms with E-state index in [-0.39, 0.29) is 6.61 Å². The number of aliphatic hydroxyl groups excluding tert-OH is 1. The molecule has 0 aliphatic carbocycles. The molecule has 0 aliphatic rings. The van der Waals surface area contributed by atoms with Gasteiger partial charge in [-0.2, -0.15) is 4.98 Å². The largest absolute Gasteiger partial charge is 0.388 e. The standard InChI is InChI=1S/C10H14N4O2/c1-2-3-8-12-10(16-13-8)6-14-5-4-11-9(14)7-15/h4-5,15H,2-3,6-7H2,1H3. The number of aromatic nitrogens is 4. The number of imidazole rings is 1. The molecule has 0 aliphatic heterocycles. The summed E-state index contributed by atoms with van der Waals surface area (Å²) in [6.07, 6.45) is 5.22. The van der Waals surface area contributed by atoms with Gasteiger partial charge < -0.3 is 14.2 Å². The number of nitrogens with zero attached hydrogens (tertiary/aromatic N) is 4. The van der Waals surface area contributed by atoms with Crippen molar-refractivity contribution < 1.29 is 9.63 Å². The summed E-state index contributed by atoms with van der Waals surface area (Å²) in [4.78, 5) is 8.24. The van der Waals surface area contributed by atoms with E-state index < -0.39 is 0 Å². The van der Waals surface area contributed by atoms with Gasteiger partial charge in [0.05, 0.1) is 0 Å². The summed E-state index contributed by atoms with van der Waals surface area (Å²) in [5, 5.41) is 12.9. The van der Waals surface area contributed by atoms with Crippen molar-refractivity contribution in [1.29, 1.82) is 0 Å². The Kier molecular flexibility index (Phi) is 3.31. The van der Waals surface area contributed by atoms with Crippen molar-refractivity contribution >= 4 is 0 Å². The maximum Gasteiger partial charge on any atom is 0.246 e. The minimum atomic E-state index is -0.0943. The third-order valence-electron chi connectivity index (χ3n) is 2.23. The van der Waals surface area contributed by atoms with E-state index >= 15 is 0 Å². The summed E-state index contributed by atoms with van der Waals surface area (Å²) in [5.74, 6) is 1.86. The zero-order valence-corrected chi connectivity index (χ0v) is 9.13. The van der Waals surface area contributed by atoms with Gasteiger partial charge in [0.25, 0.3) is 0 Å². The summed E-state index contributed by atoms with van der Waals surface area (Å²) in [6, 6.07) is 0. The molecular weight excluding hydrogens is 208 g/mol. The molecule has 0 aromatic carbocycles. The Balaban J connectivity index is 2.08. The fraction of sp³-hybridized carbons (Fsp3) is 0.500. The number of rotatable bonds is 5. The summed E-state index contributed by atoms with van der Waals surface area (Å²) < 4.78 is 6.88. The fourth-order valence-corrected chi connectivity index (χ4v) is 1.46. The van der Waals surface area contributed by atoms with Gasteiger partial charge >= 0.3 is 0 Å². The Morgan fingerprint density at radius 3 is 3.12 bits per heavy atom. The number of hydrogen-bond donors (Lipinski definition) is 1. The molecule has 0 saturated carbocycles. The zero-order chi connectivity index (χ0) is 11.4. The molecule has 6 nitrogen and oxygen atoms in total. The topological polar surface area (TPSA) is 77.0 Å². The minimum Gasteiger partial charge on any atom is -0.388 e. The molecule has 0 fully saturated rings. The van der Waals surface area contributed by atoms with E-state index in [2.05, 4.69) is 22.0 Å². The van der Waals surface area contributed by atoms with Crippen molar-refractivity contribution in [3.05, 3.63) is 29.9 Å². The van der Waals surface area contributed by atoms with Gasteiger partial charge in [0, 0.05) is 18.8 Å². The lowest BCUT2D eigenvalue weighted by Crippen LogP contribution is -2.04. The third kappa shape index (κ3) is 2.27. The average molecular weight is 222 g/mol. The summed E-state index contributed by atoms with van der Waals surface area (Å²) in [5.41, 5.74) is 0. The molecule has 0 unspecified atom stereocenters. The van der Waals surface area contributed by atoms with Gasteiger partial charge in [-0.25, -0.2) is 4.98 Å². The van der Waals surface area contributed by atoms with Crippen LogP contribution in [0.5, 0.6) is 0 Å². The third-order valence-corrected chi connectivity index (χ3v) is 2.23. The van der Waals surface area contributed by atoms with Crippen molar-refractivity contribution in [2.75, 3.05) is 0 Å². The lowest BCUT2D eigenvalue weighted by Gasteiger charge is -2.00. The highest BCUT2D eigenvalue weighted by Gasteiger charge is 2.08. The Morgan fingerprint density at radius 1 is 1.50 bits per heavy atom.